The maximum Gasteiger partial charge on any atom is 0.194 e. The zero-order valence-electron chi connectivity index (χ0n) is 10.9. The van der Waals surface area contributed by atoms with E-state index >= 15 is 0 Å². The fourth-order valence-corrected chi connectivity index (χ4v) is 2.11. The third kappa shape index (κ3) is 2.78. The smallest absolute Gasteiger partial charge is 0.194 e. The number of hydrogen-bond acceptors (Lipinski definition) is 0. The monoisotopic (exact) mass is 235 g/mol. The Hall–Kier alpha value is -2.07. The number of nitrogens with zero attached hydrogens (tertiary/aromatic N) is 1. The maximum absolute atomic E-state index is 7.19. The van der Waals surface area contributed by atoms with Crippen molar-refractivity contribution in [3.63, 3.8) is 0 Å². The first kappa shape index (κ1) is 12.4. The molecule has 1 nitrogen and oxygen atoms in total. The van der Waals surface area contributed by atoms with Gasteiger partial charge in [0, 0.05) is 0 Å². The second-order valence-corrected chi connectivity index (χ2v) is 4.92. The minimum atomic E-state index is 0.673. The highest BCUT2D eigenvalue weighted by Crippen LogP contribution is 2.30. The number of benzene rings is 2. The second kappa shape index (κ2) is 5.51. The van der Waals surface area contributed by atoms with Crippen LogP contribution in [0.15, 0.2) is 48.5 Å². The number of para-hydroxylation sites is 1. The van der Waals surface area contributed by atoms with E-state index in [0.717, 1.165) is 17.5 Å². The molecule has 0 saturated carbocycles. The lowest BCUT2D eigenvalue weighted by Gasteiger charge is -2.07. The van der Waals surface area contributed by atoms with Crippen molar-refractivity contribution in [1.29, 1.82) is 0 Å². The lowest BCUT2D eigenvalue weighted by atomic mass is 9.98. The molecule has 0 fully saturated rings. The van der Waals surface area contributed by atoms with E-state index in [9.17, 15) is 0 Å². The van der Waals surface area contributed by atoms with Gasteiger partial charge in [-0.3, -0.25) is 0 Å². The average Bonchev–Trinajstić information content (AvgIpc) is 2.39. The summed E-state index contributed by atoms with van der Waals surface area (Å²) in [5.74, 6) is 0.673. The predicted molar refractivity (Wildman–Crippen MR) is 76.7 cm³/mol. The van der Waals surface area contributed by atoms with Crippen molar-refractivity contribution in [1.82, 2.24) is 0 Å². The van der Waals surface area contributed by atoms with Crippen LogP contribution in [0.4, 0.5) is 5.69 Å². The maximum atomic E-state index is 7.19. The molecule has 0 amide bonds. The largest absolute Gasteiger partial charge is 0.238 e. The fourth-order valence-electron chi connectivity index (χ4n) is 2.11. The molecule has 0 spiro atoms. The summed E-state index contributed by atoms with van der Waals surface area (Å²) in [6, 6.07) is 16.3. The summed E-state index contributed by atoms with van der Waals surface area (Å²) in [6.07, 6.45) is 1.10. The Morgan fingerprint density at radius 2 is 1.67 bits per heavy atom. The highest BCUT2D eigenvalue weighted by atomic mass is 14.6. The quantitative estimate of drug-likeness (QED) is 0.652. The van der Waals surface area contributed by atoms with Crippen LogP contribution in [-0.4, -0.2) is 0 Å². The van der Waals surface area contributed by atoms with Crippen LogP contribution in [0, 0.1) is 12.5 Å². The zero-order chi connectivity index (χ0) is 13.0. The molecule has 0 aliphatic heterocycles. The highest BCUT2D eigenvalue weighted by Gasteiger charge is 2.04. The van der Waals surface area contributed by atoms with E-state index in [1.165, 1.54) is 5.56 Å². The van der Waals surface area contributed by atoms with Crippen molar-refractivity contribution in [2.24, 2.45) is 5.92 Å². The Balaban J connectivity index is 2.32. The minimum absolute atomic E-state index is 0.673. The topological polar surface area (TPSA) is 4.36 Å². The van der Waals surface area contributed by atoms with Crippen LogP contribution in [0.3, 0.4) is 0 Å². The van der Waals surface area contributed by atoms with Crippen LogP contribution in [-0.2, 0) is 6.42 Å². The van der Waals surface area contributed by atoms with Gasteiger partial charge in [-0.15, -0.1) is 0 Å². The van der Waals surface area contributed by atoms with Crippen LogP contribution in [0.25, 0.3) is 16.0 Å². The van der Waals surface area contributed by atoms with Gasteiger partial charge in [0.2, 0.25) is 0 Å². The van der Waals surface area contributed by atoms with E-state index in [-0.39, 0.29) is 0 Å². The Labute approximate surface area is 109 Å². The summed E-state index contributed by atoms with van der Waals surface area (Å²) in [6.45, 7) is 11.6. The summed E-state index contributed by atoms with van der Waals surface area (Å²) < 4.78 is 0. The SMILES string of the molecule is [C-]#[N+]c1ccccc1-c1ccc(CC(C)C)cc1. The van der Waals surface area contributed by atoms with Gasteiger partial charge in [-0.2, -0.15) is 0 Å². The first-order chi connectivity index (χ1) is 8.70. The molecule has 0 atom stereocenters. The first-order valence-corrected chi connectivity index (χ1v) is 6.26. The van der Waals surface area contributed by atoms with Crippen LogP contribution < -0.4 is 0 Å². The molecule has 0 heterocycles. The molecule has 0 saturated heterocycles. The summed E-state index contributed by atoms with van der Waals surface area (Å²) >= 11 is 0. The molecule has 18 heavy (non-hydrogen) atoms. The molecule has 90 valence electrons. The molecule has 2 aromatic carbocycles. The van der Waals surface area contributed by atoms with Gasteiger partial charge in [-0.05, 0) is 29.0 Å². The van der Waals surface area contributed by atoms with Gasteiger partial charge in [0.15, 0.2) is 5.69 Å². The third-order valence-corrected chi connectivity index (χ3v) is 2.93. The third-order valence-electron chi connectivity index (χ3n) is 2.93. The van der Waals surface area contributed by atoms with Crippen LogP contribution >= 0.6 is 0 Å². The van der Waals surface area contributed by atoms with Gasteiger partial charge in [0.25, 0.3) is 0 Å². The molecular weight excluding hydrogens is 218 g/mol. The molecule has 2 aromatic rings. The van der Waals surface area contributed by atoms with E-state index < -0.39 is 0 Å². The van der Waals surface area contributed by atoms with Crippen molar-refractivity contribution in [3.05, 3.63) is 65.5 Å². The van der Waals surface area contributed by atoms with Gasteiger partial charge in [0.1, 0.15) is 0 Å². The standard InChI is InChI=1S/C17H17N/c1-13(2)12-14-8-10-15(11-9-14)16-6-4-5-7-17(16)18-3/h4-11,13H,12H2,1-2H3. The van der Waals surface area contributed by atoms with Crippen molar-refractivity contribution >= 4 is 5.69 Å². The van der Waals surface area contributed by atoms with Gasteiger partial charge in [0.05, 0.1) is 6.57 Å². The Bertz CT molecular complexity index is 559. The molecule has 1 heteroatoms. The number of hydrogen-bond donors (Lipinski definition) is 0. The first-order valence-electron chi connectivity index (χ1n) is 6.26. The summed E-state index contributed by atoms with van der Waals surface area (Å²) in [5, 5.41) is 0. The van der Waals surface area contributed by atoms with E-state index in [1.807, 2.05) is 24.3 Å². The molecule has 0 bridgehead atoms. The van der Waals surface area contributed by atoms with Crippen LogP contribution in [0.5, 0.6) is 0 Å². The predicted octanol–water partition coefficient (Wildman–Crippen LogP) is 5.10. The Morgan fingerprint density at radius 1 is 1.00 bits per heavy atom. The lowest BCUT2D eigenvalue weighted by molar-refractivity contribution is 0.647. The van der Waals surface area contributed by atoms with E-state index in [1.54, 1.807) is 0 Å². The lowest BCUT2D eigenvalue weighted by Crippen LogP contribution is -1.93. The Morgan fingerprint density at radius 3 is 2.28 bits per heavy atom. The molecule has 0 radical (unpaired) electrons. The summed E-state index contributed by atoms with van der Waals surface area (Å²) in [4.78, 5) is 3.57. The van der Waals surface area contributed by atoms with Crippen LogP contribution in [0.1, 0.15) is 19.4 Å². The van der Waals surface area contributed by atoms with Crippen LogP contribution in [0.2, 0.25) is 0 Å². The van der Waals surface area contributed by atoms with E-state index in [0.29, 0.717) is 11.6 Å². The molecule has 0 aromatic heterocycles. The zero-order valence-corrected chi connectivity index (χ0v) is 10.9. The molecule has 0 aliphatic carbocycles. The highest BCUT2D eigenvalue weighted by molar-refractivity contribution is 5.78. The van der Waals surface area contributed by atoms with E-state index in [2.05, 4.69) is 43.0 Å². The van der Waals surface area contributed by atoms with Crippen molar-refractivity contribution in [3.8, 4) is 11.1 Å². The van der Waals surface area contributed by atoms with Gasteiger partial charge in [-0.25, -0.2) is 4.85 Å². The summed E-state index contributed by atoms with van der Waals surface area (Å²) in [7, 11) is 0. The van der Waals surface area contributed by atoms with Crippen molar-refractivity contribution in [2.45, 2.75) is 20.3 Å². The second-order valence-electron chi connectivity index (χ2n) is 4.92. The fraction of sp³-hybridized carbons (Fsp3) is 0.235. The van der Waals surface area contributed by atoms with Gasteiger partial charge < -0.3 is 0 Å². The molecule has 2 rings (SSSR count). The normalized spacial score (nSPS) is 10.3. The number of rotatable bonds is 3. The van der Waals surface area contributed by atoms with Gasteiger partial charge >= 0.3 is 0 Å². The average molecular weight is 235 g/mol. The summed E-state index contributed by atoms with van der Waals surface area (Å²) in [5.41, 5.74) is 4.21. The molecule has 0 unspecified atom stereocenters. The van der Waals surface area contributed by atoms with Crippen molar-refractivity contribution < 1.29 is 0 Å². The van der Waals surface area contributed by atoms with Gasteiger partial charge in [-0.1, -0.05) is 62.4 Å². The van der Waals surface area contributed by atoms with Crippen molar-refractivity contribution in [2.75, 3.05) is 0 Å². The van der Waals surface area contributed by atoms with E-state index in [4.69, 9.17) is 6.57 Å². The molecular formula is C17H17N. The minimum Gasteiger partial charge on any atom is -0.238 e. The molecule has 0 N–H and O–H groups in total. The molecule has 0 aliphatic rings. The Kier molecular flexibility index (Phi) is 3.79.